The van der Waals surface area contributed by atoms with Crippen LogP contribution >= 0.6 is 15.9 Å². The zero-order valence-electron chi connectivity index (χ0n) is 10.8. The highest BCUT2D eigenvalue weighted by atomic mass is 79.9. The van der Waals surface area contributed by atoms with Crippen molar-refractivity contribution < 1.29 is 0 Å². The van der Waals surface area contributed by atoms with E-state index in [9.17, 15) is 0 Å². The van der Waals surface area contributed by atoms with Gasteiger partial charge < -0.3 is 5.32 Å². The number of benzene rings is 1. The van der Waals surface area contributed by atoms with Gasteiger partial charge in [0.25, 0.3) is 0 Å². The number of anilines is 1. The molecule has 0 unspecified atom stereocenters. The molecule has 0 saturated carbocycles. The van der Waals surface area contributed by atoms with Crippen molar-refractivity contribution in [2.24, 2.45) is 0 Å². The Kier molecular flexibility index (Phi) is 3.97. The molecule has 1 aromatic carbocycles. The van der Waals surface area contributed by atoms with E-state index in [1.807, 2.05) is 7.05 Å². The zero-order chi connectivity index (χ0) is 13.1. The second-order valence-corrected chi connectivity index (χ2v) is 5.18. The minimum absolute atomic E-state index is 0.753. The molecule has 1 heterocycles. The minimum atomic E-state index is 0.753. The van der Waals surface area contributed by atoms with Crippen molar-refractivity contribution in [3.63, 3.8) is 0 Å². The molecular formula is C14H16BrN3. The van der Waals surface area contributed by atoms with Crippen molar-refractivity contribution in [2.75, 3.05) is 12.4 Å². The summed E-state index contributed by atoms with van der Waals surface area (Å²) in [6.45, 7) is 4.24. The maximum atomic E-state index is 4.47. The predicted molar refractivity (Wildman–Crippen MR) is 78.0 cm³/mol. The van der Waals surface area contributed by atoms with E-state index in [1.54, 1.807) is 6.20 Å². The summed E-state index contributed by atoms with van der Waals surface area (Å²) in [4.78, 5) is 8.81. The van der Waals surface area contributed by atoms with Gasteiger partial charge in [-0.1, -0.05) is 18.2 Å². The molecule has 0 saturated heterocycles. The van der Waals surface area contributed by atoms with Gasteiger partial charge in [-0.15, -0.1) is 0 Å². The van der Waals surface area contributed by atoms with Crippen LogP contribution in [0.4, 0.5) is 5.82 Å². The Balaban J connectivity index is 2.25. The van der Waals surface area contributed by atoms with Crippen LogP contribution in [0.1, 0.15) is 22.5 Å². The molecule has 3 nitrogen and oxygen atoms in total. The van der Waals surface area contributed by atoms with E-state index in [2.05, 4.69) is 63.3 Å². The first-order valence-electron chi connectivity index (χ1n) is 5.85. The first-order valence-corrected chi connectivity index (χ1v) is 6.64. The van der Waals surface area contributed by atoms with Crippen molar-refractivity contribution in [3.8, 4) is 0 Å². The summed E-state index contributed by atoms with van der Waals surface area (Å²) in [7, 11) is 1.85. The van der Waals surface area contributed by atoms with Crippen molar-refractivity contribution in [3.05, 3.63) is 51.4 Å². The third-order valence-electron chi connectivity index (χ3n) is 2.96. The Bertz CT molecular complexity index is 567. The third kappa shape index (κ3) is 2.88. The van der Waals surface area contributed by atoms with Crippen LogP contribution in [-0.4, -0.2) is 17.0 Å². The van der Waals surface area contributed by atoms with Crippen molar-refractivity contribution in [1.82, 2.24) is 9.97 Å². The molecule has 18 heavy (non-hydrogen) atoms. The molecule has 0 amide bonds. The van der Waals surface area contributed by atoms with Crippen LogP contribution in [0, 0.1) is 13.8 Å². The largest absolute Gasteiger partial charge is 0.372 e. The quantitative estimate of drug-likeness (QED) is 0.943. The lowest BCUT2D eigenvalue weighted by Gasteiger charge is -2.07. The molecule has 0 fully saturated rings. The average molecular weight is 306 g/mol. The van der Waals surface area contributed by atoms with Crippen molar-refractivity contribution >= 4 is 21.7 Å². The molecule has 0 bridgehead atoms. The Morgan fingerprint density at radius 2 is 2.00 bits per heavy atom. The molecule has 94 valence electrons. The lowest BCUT2D eigenvalue weighted by molar-refractivity contribution is 0.961. The van der Waals surface area contributed by atoms with Gasteiger partial charge in [0.1, 0.15) is 11.6 Å². The number of halogens is 1. The number of rotatable bonds is 3. The molecule has 0 spiro atoms. The highest BCUT2D eigenvalue weighted by Crippen LogP contribution is 2.19. The van der Waals surface area contributed by atoms with Crippen LogP contribution in [0.5, 0.6) is 0 Å². The first kappa shape index (κ1) is 13.0. The molecule has 0 aliphatic heterocycles. The van der Waals surface area contributed by atoms with Crippen molar-refractivity contribution in [1.29, 1.82) is 0 Å². The van der Waals surface area contributed by atoms with Crippen LogP contribution < -0.4 is 5.32 Å². The average Bonchev–Trinajstić information content (AvgIpc) is 2.36. The summed E-state index contributed by atoms with van der Waals surface area (Å²) < 4.78 is 0.883. The fraction of sp³-hybridized carbons (Fsp3) is 0.286. The van der Waals surface area contributed by atoms with E-state index < -0.39 is 0 Å². The van der Waals surface area contributed by atoms with Crippen LogP contribution in [-0.2, 0) is 6.42 Å². The van der Waals surface area contributed by atoms with Gasteiger partial charge in [-0.3, -0.25) is 0 Å². The number of hydrogen-bond donors (Lipinski definition) is 1. The monoisotopic (exact) mass is 305 g/mol. The Labute approximate surface area is 116 Å². The molecular weight excluding hydrogens is 290 g/mol. The molecule has 1 aromatic heterocycles. The van der Waals surface area contributed by atoms with Gasteiger partial charge in [0.15, 0.2) is 0 Å². The lowest BCUT2D eigenvalue weighted by Crippen LogP contribution is -2.02. The SMILES string of the molecule is CNc1nc(Cc2ccc(C)c(C)c2)ncc1Br. The fourth-order valence-corrected chi connectivity index (χ4v) is 2.15. The van der Waals surface area contributed by atoms with Crippen LogP contribution in [0.2, 0.25) is 0 Å². The van der Waals surface area contributed by atoms with Gasteiger partial charge in [0.2, 0.25) is 0 Å². The summed E-state index contributed by atoms with van der Waals surface area (Å²) in [6.07, 6.45) is 2.54. The van der Waals surface area contributed by atoms with Crippen LogP contribution in [0.3, 0.4) is 0 Å². The summed E-state index contributed by atoms with van der Waals surface area (Å²) in [5, 5.41) is 3.04. The van der Waals surface area contributed by atoms with Gasteiger partial charge in [0, 0.05) is 19.7 Å². The third-order valence-corrected chi connectivity index (χ3v) is 3.54. The number of aryl methyl sites for hydroxylation is 2. The number of aromatic nitrogens is 2. The van der Waals surface area contributed by atoms with Crippen LogP contribution in [0.25, 0.3) is 0 Å². The van der Waals surface area contributed by atoms with Gasteiger partial charge in [-0.25, -0.2) is 9.97 Å². The summed E-state index contributed by atoms with van der Waals surface area (Å²) in [5.74, 6) is 1.65. The Morgan fingerprint density at radius 1 is 1.22 bits per heavy atom. The smallest absolute Gasteiger partial charge is 0.143 e. The van der Waals surface area contributed by atoms with E-state index >= 15 is 0 Å². The first-order chi connectivity index (χ1) is 8.60. The standard InChI is InChI=1S/C14H16BrN3/c1-9-4-5-11(6-10(9)2)7-13-17-8-12(15)14(16-3)18-13/h4-6,8H,7H2,1-3H3,(H,16,17,18). The highest BCUT2D eigenvalue weighted by molar-refractivity contribution is 9.10. The lowest BCUT2D eigenvalue weighted by atomic mass is 10.0. The summed E-state index contributed by atoms with van der Waals surface area (Å²) in [5.41, 5.74) is 3.85. The Hall–Kier alpha value is -1.42. The molecule has 2 aromatic rings. The van der Waals surface area contributed by atoms with Gasteiger partial charge >= 0.3 is 0 Å². The maximum absolute atomic E-state index is 4.47. The van der Waals surface area contributed by atoms with Gasteiger partial charge in [-0.05, 0) is 46.5 Å². The number of hydrogen-bond acceptors (Lipinski definition) is 3. The van der Waals surface area contributed by atoms with E-state index in [4.69, 9.17) is 0 Å². The molecule has 0 aliphatic rings. The zero-order valence-corrected chi connectivity index (χ0v) is 12.4. The molecule has 0 radical (unpaired) electrons. The normalized spacial score (nSPS) is 10.4. The van der Waals surface area contributed by atoms with Crippen LogP contribution in [0.15, 0.2) is 28.9 Å². The van der Waals surface area contributed by atoms with Gasteiger partial charge in [-0.2, -0.15) is 0 Å². The Morgan fingerprint density at radius 3 is 2.67 bits per heavy atom. The van der Waals surface area contributed by atoms with E-state index in [1.165, 1.54) is 16.7 Å². The van der Waals surface area contributed by atoms with Crippen molar-refractivity contribution in [2.45, 2.75) is 20.3 Å². The molecule has 4 heteroatoms. The topological polar surface area (TPSA) is 37.8 Å². The molecule has 0 atom stereocenters. The predicted octanol–water partition coefficient (Wildman–Crippen LogP) is 3.49. The van der Waals surface area contributed by atoms with E-state index in [-0.39, 0.29) is 0 Å². The van der Waals surface area contributed by atoms with Gasteiger partial charge in [0.05, 0.1) is 4.47 Å². The summed E-state index contributed by atoms with van der Waals surface area (Å²) >= 11 is 3.41. The van der Waals surface area contributed by atoms with E-state index in [0.717, 1.165) is 22.5 Å². The molecule has 0 aliphatic carbocycles. The second-order valence-electron chi connectivity index (χ2n) is 4.33. The molecule has 2 rings (SSSR count). The highest BCUT2D eigenvalue weighted by Gasteiger charge is 2.05. The minimum Gasteiger partial charge on any atom is -0.372 e. The molecule has 1 N–H and O–H groups in total. The second kappa shape index (κ2) is 5.48. The number of nitrogens with zero attached hydrogens (tertiary/aromatic N) is 2. The summed E-state index contributed by atoms with van der Waals surface area (Å²) in [6, 6.07) is 6.47. The number of nitrogens with one attached hydrogen (secondary N) is 1. The fourth-order valence-electron chi connectivity index (χ4n) is 1.76. The van der Waals surface area contributed by atoms with E-state index in [0.29, 0.717) is 0 Å². The maximum Gasteiger partial charge on any atom is 0.143 e.